The predicted molar refractivity (Wildman–Crippen MR) is 103 cm³/mol. The van der Waals surface area contributed by atoms with Gasteiger partial charge in [-0.25, -0.2) is 4.98 Å². The van der Waals surface area contributed by atoms with Crippen LogP contribution in [0.1, 0.15) is 24.4 Å². The summed E-state index contributed by atoms with van der Waals surface area (Å²) >= 11 is 0. The molecule has 2 aromatic heterocycles. The van der Waals surface area contributed by atoms with Crippen LogP contribution in [-0.2, 0) is 4.79 Å². The highest BCUT2D eigenvalue weighted by molar-refractivity contribution is 6.10. The molecule has 7 nitrogen and oxygen atoms in total. The van der Waals surface area contributed by atoms with Gasteiger partial charge in [-0.1, -0.05) is 0 Å². The third-order valence-corrected chi connectivity index (χ3v) is 5.47. The molecular formula is C20H17F3N6O. The van der Waals surface area contributed by atoms with E-state index in [9.17, 15) is 18.0 Å². The number of nitrogens with zero attached hydrogens (tertiary/aromatic N) is 6. The molecule has 0 bridgehead atoms. The minimum atomic E-state index is -4.55. The molecule has 1 amide bonds. The largest absolute Gasteiger partial charge is 0.406 e. The zero-order valence-electron chi connectivity index (χ0n) is 15.8. The van der Waals surface area contributed by atoms with Crippen LogP contribution >= 0.6 is 0 Å². The van der Waals surface area contributed by atoms with E-state index in [2.05, 4.69) is 25.1 Å². The smallest absolute Gasteiger partial charge is 0.356 e. The quantitative estimate of drug-likeness (QED) is 0.760. The molecule has 5 rings (SSSR count). The Balaban J connectivity index is 1.63. The topological polar surface area (TPSA) is 74.0 Å². The maximum absolute atomic E-state index is 13.3. The third kappa shape index (κ3) is 3.12. The molecule has 0 aromatic carbocycles. The lowest BCUT2D eigenvalue weighted by Gasteiger charge is -2.33. The van der Waals surface area contributed by atoms with Gasteiger partial charge in [0, 0.05) is 36.6 Å². The third-order valence-electron chi connectivity index (χ3n) is 5.47. The first-order valence-electron chi connectivity index (χ1n) is 9.61. The highest BCUT2D eigenvalue weighted by Gasteiger charge is 2.43. The van der Waals surface area contributed by atoms with Crippen LogP contribution < -0.4 is 9.80 Å². The zero-order chi connectivity index (χ0) is 20.9. The summed E-state index contributed by atoms with van der Waals surface area (Å²) in [6.45, 7) is 0.340. The molecule has 154 valence electrons. The van der Waals surface area contributed by atoms with Crippen LogP contribution in [0.25, 0.3) is 11.3 Å². The highest BCUT2D eigenvalue weighted by atomic mass is 19.4. The van der Waals surface area contributed by atoms with Gasteiger partial charge in [-0.15, -0.1) is 0 Å². The number of amides is 1. The molecule has 1 unspecified atom stereocenters. The number of fused-ring (bicyclic) bond motifs is 3. The number of halogens is 3. The van der Waals surface area contributed by atoms with E-state index < -0.39 is 24.7 Å². The number of azo groups is 1. The minimum Gasteiger partial charge on any atom is -0.356 e. The summed E-state index contributed by atoms with van der Waals surface area (Å²) in [5, 5.41) is 7.75. The molecule has 1 fully saturated rings. The molecule has 5 heterocycles. The van der Waals surface area contributed by atoms with Gasteiger partial charge in [0.05, 0.1) is 23.2 Å². The predicted octanol–water partition coefficient (Wildman–Crippen LogP) is 4.04. The number of hydrogen-bond acceptors (Lipinski definition) is 6. The molecule has 0 radical (unpaired) electrons. The van der Waals surface area contributed by atoms with Crippen molar-refractivity contribution in [3.05, 3.63) is 47.9 Å². The summed E-state index contributed by atoms with van der Waals surface area (Å²) in [5.41, 5.74) is 1.89. The minimum absolute atomic E-state index is 0.125. The van der Waals surface area contributed by atoms with E-state index in [0.717, 1.165) is 42.2 Å². The Hall–Kier alpha value is -3.30. The van der Waals surface area contributed by atoms with E-state index in [1.165, 1.54) is 18.5 Å². The van der Waals surface area contributed by atoms with Gasteiger partial charge in [0.15, 0.2) is 0 Å². The lowest BCUT2D eigenvalue weighted by molar-refractivity contribution is -0.130. The van der Waals surface area contributed by atoms with Gasteiger partial charge in [-0.2, -0.15) is 23.4 Å². The van der Waals surface area contributed by atoms with E-state index in [1.54, 1.807) is 12.3 Å². The highest BCUT2D eigenvalue weighted by Crippen LogP contribution is 2.44. The fourth-order valence-electron chi connectivity index (χ4n) is 4.12. The summed E-state index contributed by atoms with van der Waals surface area (Å²) < 4.78 is 39.8. The Labute approximate surface area is 169 Å². The monoisotopic (exact) mass is 414 g/mol. The van der Waals surface area contributed by atoms with Crippen molar-refractivity contribution < 1.29 is 18.0 Å². The molecule has 3 aliphatic rings. The number of hydrogen-bond donors (Lipinski definition) is 0. The fourth-order valence-corrected chi connectivity index (χ4v) is 4.12. The van der Waals surface area contributed by atoms with Crippen molar-refractivity contribution in [3.63, 3.8) is 0 Å². The molecule has 0 aliphatic carbocycles. The Bertz CT molecular complexity index is 1070. The Morgan fingerprint density at radius 1 is 1.17 bits per heavy atom. The number of alkyl halides is 3. The van der Waals surface area contributed by atoms with E-state index in [-0.39, 0.29) is 11.3 Å². The van der Waals surface area contributed by atoms with Gasteiger partial charge >= 0.3 is 6.18 Å². The van der Waals surface area contributed by atoms with Crippen molar-refractivity contribution in [2.24, 2.45) is 10.2 Å². The number of carbonyl (C=O) groups excluding carboxylic acids is 1. The summed E-state index contributed by atoms with van der Waals surface area (Å²) in [6, 6.07) is 4.42. The van der Waals surface area contributed by atoms with Gasteiger partial charge in [-0.05, 0) is 31.0 Å². The maximum Gasteiger partial charge on any atom is 0.406 e. The van der Waals surface area contributed by atoms with Gasteiger partial charge in [0.1, 0.15) is 18.4 Å². The van der Waals surface area contributed by atoms with E-state index in [1.807, 2.05) is 6.07 Å². The summed E-state index contributed by atoms with van der Waals surface area (Å²) in [4.78, 5) is 24.6. The molecule has 30 heavy (non-hydrogen) atoms. The first kappa shape index (κ1) is 18.7. The number of aromatic nitrogens is 2. The molecule has 0 saturated carbocycles. The van der Waals surface area contributed by atoms with Crippen molar-refractivity contribution >= 4 is 17.4 Å². The number of rotatable bonds is 3. The maximum atomic E-state index is 13.3. The first-order valence-corrected chi connectivity index (χ1v) is 9.61. The van der Waals surface area contributed by atoms with Crippen molar-refractivity contribution in [2.75, 3.05) is 29.4 Å². The molecule has 0 spiro atoms. The number of anilines is 2. The molecule has 0 N–H and O–H groups in total. The second kappa shape index (κ2) is 6.89. The van der Waals surface area contributed by atoms with Crippen LogP contribution in [0.15, 0.2) is 52.6 Å². The Morgan fingerprint density at radius 2 is 1.97 bits per heavy atom. The average Bonchev–Trinajstić information content (AvgIpc) is 3.42. The summed E-state index contributed by atoms with van der Waals surface area (Å²) in [5.74, 6) is 0.00558. The molecule has 2 aromatic rings. The van der Waals surface area contributed by atoms with Crippen molar-refractivity contribution in [1.82, 2.24) is 9.97 Å². The van der Waals surface area contributed by atoms with Gasteiger partial charge in [0.2, 0.25) is 0 Å². The molecule has 10 heteroatoms. The van der Waals surface area contributed by atoms with Crippen molar-refractivity contribution in [1.29, 1.82) is 0 Å². The second-order valence-corrected chi connectivity index (χ2v) is 7.42. The Morgan fingerprint density at radius 3 is 2.73 bits per heavy atom. The van der Waals surface area contributed by atoms with Crippen LogP contribution in [0.5, 0.6) is 0 Å². The van der Waals surface area contributed by atoms with Gasteiger partial charge < -0.3 is 4.90 Å². The van der Waals surface area contributed by atoms with E-state index in [4.69, 9.17) is 0 Å². The molecular weight excluding hydrogens is 397 g/mol. The van der Waals surface area contributed by atoms with Crippen LogP contribution in [0.4, 0.5) is 24.7 Å². The summed E-state index contributed by atoms with van der Waals surface area (Å²) in [6.07, 6.45) is 1.97. The number of carbonyl (C=O) groups is 1. The van der Waals surface area contributed by atoms with Crippen LogP contribution in [-0.4, -0.2) is 41.7 Å². The SMILES string of the molecule is O=C1C2=CN=NC2c2cnc(-c3cccnc3N3CCCC3)cc2N1CC(F)(F)F. The lowest BCUT2D eigenvalue weighted by Crippen LogP contribution is -2.43. The summed E-state index contributed by atoms with van der Waals surface area (Å²) in [7, 11) is 0. The van der Waals surface area contributed by atoms with Crippen LogP contribution in [0.3, 0.4) is 0 Å². The Kier molecular flexibility index (Phi) is 4.30. The fraction of sp³-hybridized carbons (Fsp3) is 0.350. The molecule has 1 saturated heterocycles. The van der Waals surface area contributed by atoms with Crippen molar-refractivity contribution in [2.45, 2.75) is 25.1 Å². The lowest BCUT2D eigenvalue weighted by atomic mass is 9.93. The van der Waals surface area contributed by atoms with Gasteiger partial charge in [-0.3, -0.25) is 14.7 Å². The van der Waals surface area contributed by atoms with E-state index in [0.29, 0.717) is 11.3 Å². The van der Waals surface area contributed by atoms with Crippen molar-refractivity contribution in [3.8, 4) is 11.3 Å². The van der Waals surface area contributed by atoms with Crippen LogP contribution in [0, 0.1) is 0 Å². The normalized spacial score (nSPS) is 20.4. The molecule has 1 atom stereocenters. The average molecular weight is 414 g/mol. The first-order chi connectivity index (χ1) is 14.4. The van der Waals surface area contributed by atoms with Gasteiger partial charge in [0.25, 0.3) is 5.91 Å². The second-order valence-electron chi connectivity index (χ2n) is 7.42. The van der Waals surface area contributed by atoms with Crippen LogP contribution in [0.2, 0.25) is 0 Å². The number of pyridine rings is 2. The van der Waals surface area contributed by atoms with E-state index >= 15 is 0 Å². The molecule has 3 aliphatic heterocycles. The zero-order valence-corrected chi connectivity index (χ0v) is 15.8. The standard InChI is InChI=1S/C20H17F3N6O/c21-20(22,23)11-29-16-8-15(12-4-3-5-24-18(12)28-6-1-2-7-28)25-9-13(16)17-14(19(29)30)10-26-27-17/h3-5,8-10,17H,1-2,6-7,11H2.